The molecule has 19 heavy (non-hydrogen) atoms. The third-order valence-electron chi connectivity index (χ3n) is 2.78. The summed E-state index contributed by atoms with van der Waals surface area (Å²) >= 11 is 1.60. The van der Waals surface area contributed by atoms with Gasteiger partial charge in [0.05, 0.1) is 4.88 Å². The van der Waals surface area contributed by atoms with Gasteiger partial charge in [0.15, 0.2) is 0 Å². The fourth-order valence-corrected chi connectivity index (χ4v) is 2.79. The van der Waals surface area contributed by atoms with Crippen molar-refractivity contribution in [3.8, 4) is 0 Å². The summed E-state index contributed by atoms with van der Waals surface area (Å²) < 4.78 is 0. The Kier molecular flexibility index (Phi) is 9.92. The Labute approximate surface area is 126 Å². The lowest BCUT2D eigenvalue weighted by atomic mass is 10.1. The lowest BCUT2D eigenvalue weighted by molar-refractivity contribution is 0.0958. The van der Waals surface area contributed by atoms with Gasteiger partial charge in [-0.1, -0.05) is 20.3 Å². The first-order valence-electron chi connectivity index (χ1n) is 6.77. The van der Waals surface area contributed by atoms with Crippen LogP contribution in [0, 0.1) is 6.92 Å². The van der Waals surface area contributed by atoms with Crippen molar-refractivity contribution < 1.29 is 4.79 Å². The predicted octanol–water partition coefficient (Wildman–Crippen LogP) is 3.16. The molecule has 0 saturated carbocycles. The molecule has 0 aromatic carbocycles. The molecule has 1 aromatic rings. The van der Waals surface area contributed by atoms with E-state index in [0.29, 0.717) is 6.54 Å². The van der Waals surface area contributed by atoms with E-state index in [4.69, 9.17) is 0 Å². The highest BCUT2D eigenvalue weighted by Gasteiger charge is 2.11. The maximum absolute atomic E-state index is 11.9. The van der Waals surface area contributed by atoms with E-state index in [1.807, 2.05) is 6.07 Å². The number of carbonyl (C=O) groups excluding carboxylic acids is 1. The van der Waals surface area contributed by atoms with Crippen molar-refractivity contribution in [2.75, 3.05) is 19.6 Å². The summed E-state index contributed by atoms with van der Waals surface area (Å²) in [5.41, 5.74) is 1.32. The highest BCUT2D eigenvalue weighted by molar-refractivity contribution is 7.14. The molecule has 1 heterocycles. The molecule has 5 heteroatoms. The third-order valence-corrected chi connectivity index (χ3v) is 3.87. The minimum absolute atomic E-state index is 0. The smallest absolute Gasteiger partial charge is 0.261 e. The maximum atomic E-state index is 11.9. The molecule has 1 amide bonds. The van der Waals surface area contributed by atoms with Crippen molar-refractivity contribution in [3.05, 3.63) is 21.4 Å². The van der Waals surface area contributed by atoms with Gasteiger partial charge in [-0.15, -0.1) is 23.7 Å². The zero-order chi connectivity index (χ0) is 13.4. The van der Waals surface area contributed by atoms with Crippen LogP contribution in [0.1, 0.15) is 46.8 Å². The largest absolute Gasteiger partial charge is 0.350 e. The quantitative estimate of drug-likeness (QED) is 0.724. The van der Waals surface area contributed by atoms with Crippen LogP contribution in [0.5, 0.6) is 0 Å². The number of carbonyl (C=O) groups is 1. The Bertz CT molecular complexity index is 380. The normalized spacial score (nSPS) is 10.1. The number of hydrogen-bond donors (Lipinski definition) is 2. The van der Waals surface area contributed by atoms with Crippen molar-refractivity contribution in [1.82, 2.24) is 10.6 Å². The predicted molar refractivity (Wildman–Crippen MR) is 85.8 cm³/mol. The number of rotatable bonds is 8. The Morgan fingerprint density at radius 2 is 1.95 bits per heavy atom. The van der Waals surface area contributed by atoms with Gasteiger partial charge in [0.25, 0.3) is 5.91 Å². The van der Waals surface area contributed by atoms with Crippen LogP contribution in [-0.2, 0) is 6.42 Å². The topological polar surface area (TPSA) is 41.1 Å². The molecule has 0 aliphatic rings. The van der Waals surface area contributed by atoms with E-state index >= 15 is 0 Å². The summed E-state index contributed by atoms with van der Waals surface area (Å²) in [7, 11) is 0. The van der Waals surface area contributed by atoms with Crippen molar-refractivity contribution >= 4 is 29.7 Å². The summed E-state index contributed by atoms with van der Waals surface area (Å²) in [6.45, 7) is 8.93. The van der Waals surface area contributed by atoms with Crippen molar-refractivity contribution in [2.24, 2.45) is 0 Å². The van der Waals surface area contributed by atoms with E-state index in [1.165, 1.54) is 10.4 Å². The fourth-order valence-electron chi connectivity index (χ4n) is 1.80. The summed E-state index contributed by atoms with van der Waals surface area (Å²) in [5, 5.41) is 6.22. The first kappa shape index (κ1) is 18.4. The van der Waals surface area contributed by atoms with Gasteiger partial charge in [0.2, 0.25) is 0 Å². The van der Waals surface area contributed by atoms with E-state index in [9.17, 15) is 4.79 Å². The number of halogens is 1. The van der Waals surface area contributed by atoms with Crippen LogP contribution < -0.4 is 10.6 Å². The van der Waals surface area contributed by atoms with Crippen LogP contribution in [0.4, 0.5) is 0 Å². The van der Waals surface area contributed by atoms with E-state index in [2.05, 4.69) is 31.4 Å². The molecule has 1 rings (SSSR count). The van der Waals surface area contributed by atoms with Gasteiger partial charge in [-0.05, 0) is 37.9 Å². The lowest BCUT2D eigenvalue weighted by Crippen LogP contribution is -2.31. The highest BCUT2D eigenvalue weighted by Crippen LogP contribution is 2.22. The van der Waals surface area contributed by atoms with E-state index < -0.39 is 0 Å². The first-order valence-corrected chi connectivity index (χ1v) is 7.58. The number of aryl methyl sites for hydroxylation is 2. The molecule has 0 aliphatic carbocycles. The van der Waals surface area contributed by atoms with Gasteiger partial charge < -0.3 is 10.6 Å². The van der Waals surface area contributed by atoms with Gasteiger partial charge in [-0.25, -0.2) is 0 Å². The summed E-state index contributed by atoms with van der Waals surface area (Å²) in [6, 6.07) is 2.04. The first-order chi connectivity index (χ1) is 8.69. The average molecular weight is 305 g/mol. The Morgan fingerprint density at radius 3 is 2.58 bits per heavy atom. The molecule has 0 atom stereocenters. The minimum atomic E-state index is 0. The molecule has 0 unspecified atom stereocenters. The Morgan fingerprint density at radius 1 is 1.21 bits per heavy atom. The number of hydrogen-bond acceptors (Lipinski definition) is 3. The van der Waals surface area contributed by atoms with Crippen molar-refractivity contribution in [3.63, 3.8) is 0 Å². The Balaban J connectivity index is 0.00000324. The molecular formula is C14H25ClN2OS. The summed E-state index contributed by atoms with van der Waals surface area (Å²) in [6.07, 6.45) is 3.31. The van der Waals surface area contributed by atoms with Crippen LogP contribution >= 0.6 is 23.7 Å². The molecule has 0 saturated heterocycles. The summed E-state index contributed by atoms with van der Waals surface area (Å²) in [5.74, 6) is 0.0590. The van der Waals surface area contributed by atoms with E-state index in [-0.39, 0.29) is 18.3 Å². The monoisotopic (exact) mass is 304 g/mol. The second kappa shape index (κ2) is 10.2. The highest BCUT2D eigenvalue weighted by atomic mass is 35.5. The molecule has 2 N–H and O–H groups in total. The molecule has 110 valence electrons. The molecule has 0 bridgehead atoms. The maximum Gasteiger partial charge on any atom is 0.261 e. The summed E-state index contributed by atoms with van der Waals surface area (Å²) in [4.78, 5) is 14.0. The SMILES string of the molecule is CCCNCCNC(=O)c1cc(CCC)c(C)s1.Cl. The number of thiophene rings is 1. The fraction of sp³-hybridized carbons (Fsp3) is 0.643. The van der Waals surface area contributed by atoms with Crippen LogP contribution in [-0.4, -0.2) is 25.5 Å². The minimum Gasteiger partial charge on any atom is -0.350 e. The number of amides is 1. The zero-order valence-electron chi connectivity index (χ0n) is 12.0. The second-order valence-corrected chi connectivity index (χ2v) is 5.70. The van der Waals surface area contributed by atoms with Gasteiger partial charge >= 0.3 is 0 Å². The molecule has 0 radical (unpaired) electrons. The van der Waals surface area contributed by atoms with Crippen LogP contribution in [0.25, 0.3) is 0 Å². The molecule has 0 spiro atoms. The third kappa shape index (κ3) is 6.41. The molecular weight excluding hydrogens is 280 g/mol. The molecule has 0 aliphatic heterocycles. The van der Waals surface area contributed by atoms with Crippen LogP contribution in [0.15, 0.2) is 6.07 Å². The zero-order valence-corrected chi connectivity index (χ0v) is 13.7. The molecule has 1 aromatic heterocycles. The van der Waals surface area contributed by atoms with Gasteiger partial charge in [-0.2, -0.15) is 0 Å². The van der Waals surface area contributed by atoms with E-state index in [1.54, 1.807) is 11.3 Å². The van der Waals surface area contributed by atoms with Gasteiger partial charge in [-0.3, -0.25) is 4.79 Å². The van der Waals surface area contributed by atoms with Gasteiger partial charge in [0.1, 0.15) is 0 Å². The second-order valence-electron chi connectivity index (χ2n) is 4.45. The average Bonchev–Trinajstić information content (AvgIpc) is 2.71. The van der Waals surface area contributed by atoms with Gasteiger partial charge in [0, 0.05) is 18.0 Å². The van der Waals surface area contributed by atoms with Crippen LogP contribution in [0.3, 0.4) is 0 Å². The molecule has 3 nitrogen and oxygen atoms in total. The Hall–Kier alpha value is -0.580. The van der Waals surface area contributed by atoms with Crippen molar-refractivity contribution in [1.29, 1.82) is 0 Å². The lowest BCUT2D eigenvalue weighted by Gasteiger charge is -2.04. The van der Waals surface area contributed by atoms with Crippen molar-refractivity contribution in [2.45, 2.75) is 40.0 Å². The standard InChI is InChI=1S/C14H24N2OS.ClH/c1-4-6-12-10-13(18-11(12)3)14(17)16-9-8-15-7-5-2;/h10,15H,4-9H2,1-3H3,(H,16,17);1H. The van der Waals surface area contributed by atoms with Crippen LogP contribution in [0.2, 0.25) is 0 Å². The number of nitrogens with one attached hydrogen (secondary N) is 2. The van der Waals surface area contributed by atoms with E-state index in [0.717, 1.165) is 37.2 Å². The molecule has 0 fully saturated rings.